The zero-order valence-corrected chi connectivity index (χ0v) is 8.80. The third-order valence-corrected chi connectivity index (χ3v) is 1.78. The molecule has 0 aliphatic heterocycles. The lowest BCUT2D eigenvalue weighted by Crippen LogP contribution is -2.42. The van der Waals surface area contributed by atoms with Crippen LogP contribution in [0.25, 0.3) is 0 Å². The number of aliphatic carboxylic acids is 2. The van der Waals surface area contributed by atoms with Gasteiger partial charge in [-0.25, -0.2) is 9.78 Å². The van der Waals surface area contributed by atoms with Crippen LogP contribution in [0, 0.1) is 6.92 Å². The molecular formula is C8H10N4O5. The lowest BCUT2D eigenvalue weighted by molar-refractivity contribution is -0.145. The topological polar surface area (TPSA) is 145 Å². The Bertz CT molecular complexity index is 455. The average Bonchev–Trinajstić information content (AvgIpc) is 2.63. The third-order valence-electron chi connectivity index (χ3n) is 1.78. The van der Waals surface area contributed by atoms with Crippen molar-refractivity contribution in [1.82, 2.24) is 20.5 Å². The number of nitrogens with zero attached hydrogens (tertiary/aromatic N) is 2. The fourth-order valence-electron chi connectivity index (χ4n) is 1.04. The number of rotatable bonds is 5. The van der Waals surface area contributed by atoms with Crippen molar-refractivity contribution in [2.45, 2.75) is 19.4 Å². The molecule has 9 heteroatoms. The molecule has 0 spiro atoms. The Kier molecular flexibility index (Phi) is 3.75. The molecular weight excluding hydrogens is 232 g/mol. The Morgan fingerprint density at radius 1 is 1.41 bits per heavy atom. The summed E-state index contributed by atoms with van der Waals surface area (Å²) in [5.74, 6) is -3.46. The Morgan fingerprint density at radius 2 is 2.06 bits per heavy atom. The summed E-state index contributed by atoms with van der Waals surface area (Å²) in [6.07, 6.45) is -0.718. The van der Waals surface area contributed by atoms with Gasteiger partial charge in [-0.3, -0.25) is 14.7 Å². The number of hydrogen-bond donors (Lipinski definition) is 4. The summed E-state index contributed by atoms with van der Waals surface area (Å²) in [4.78, 5) is 36.2. The van der Waals surface area contributed by atoms with Crippen molar-refractivity contribution in [1.29, 1.82) is 0 Å². The first-order valence-electron chi connectivity index (χ1n) is 4.54. The molecule has 1 unspecified atom stereocenters. The highest BCUT2D eigenvalue weighted by Gasteiger charge is 2.24. The van der Waals surface area contributed by atoms with Crippen LogP contribution in [0.4, 0.5) is 0 Å². The van der Waals surface area contributed by atoms with Crippen LogP contribution in [0.15, 0.2) is 0 Å². The highest BCUT2D eigenvalue weighted by Crippen LogP contribution is 1.96. The number of nitrogens with one attached hydrogen (secondary N) is 2. The molecule has 1 aromatic rings. The van der Waals surface area contributed by atoms with Gasteiger partial charge in [-0.05, 0) is 6.92 Å². The van der Waals surface area contributed by atoms with Gasteiger partial charge in [0, 0.05) is 0 Å². The molecule has 1 amide bonds. The van der Waals surface area contributed by atoms with Gasteiger partial charge >= 0.3 is 11.9 Å². The molecule has 1 atom stereocenters. The first-order chi connectivity index (χ1) is 7.90. The van der Waals surface area contributed by atoms with Crippen molar-refractivity contribution in [2.24, 2.45) is 0 Å². The molecule has 92 valence electrons. The van der Waals surface area contributed by atoms with Gasteiger partial charge in [-0.15, -0.1) is 5.10 Å². The van der Waals surface area contributed by atoms with Crippen molar-refractivity contribution >= 4 is 17.8 Å². The van der Waals surface area contributed by atoms with Crippen molar-refractivity contribution < 1.29 is 24.6 Å². The summed E-state index contributed by atoms with van der Waals surface area (Å²) in [5.41, 5.74) is 0. The summed E-state index contributed by atoms with van der Waals surface area (Å²) in [6.45, 7) is 1.57. The van der Waals surface area contributed by atoms with Crippen LogP contribution >= 0.6 is 0 Å². The van der Waals surface area contributed by atoms with Crippen LogP contribution in [0.1, 0.15) is 22.9 Å². The van der Waals surface area contributed by atoms with E-state index in [0.29, 0.717) is 5.82 Å². The minimum absolute atomic E-state index is 0.237. The molecule has 4 N–H and O–H groups in total. The minimum Gasteiger partial charge on any atom is -0.481 e. The molecule has 1 rings (SSSR count). The van der Waals surface area contributed by atoms with Gasteiger partial charge in [-0.2, -0.15) is 0 Å². The molecule has 1 aromatic heterocycles. The largest absolute Gasteiger partial charge is 0.481 e. The van der Waals surface area contributed by atoms with Crippen LogP contribution < -0.4 is 5.32 Å². The molecule has 0 aliphatic carbocycles. The van der Waals surface area contributed by atoms with Crippen LogP contribution in [-0.4, -0.2) is 49.3 Å². The lowest BCUT2D eigenvalue weighted by Gasteiger charge is -2.10. The molecule has 0 radical (unpaired) electrons. The highest BCUT2D eigenvalue weighted by atomic mass is 16.4. The standard InChI is InChI=1S/C8H10N4O5/c1-3-9-6(12-11-3)7(15)10-4(8(16)17)2-5(13)14/h4H,2H2,1H3,(H,10,15)(H,13,14)(H,16,17)(H,9,11,12). The summed E-state index contributed by atoms with van der Waals surface area (Å²) < 4.78 is 0. The fourth-order valence-corrected chi connectivity index (χ4v) is 1.04. The number of carbonyl (C=O) groups is 3. The predicted molar refractivity (Wildman–Crippen MR) is 52.3 cm³/mol. The highest BCUT2D eigenvalue weighted by molar-refractivity contribution is 5.94. The van der Waals surface area contributed by atoms with Crippen LogP contribution in [0.5, 0.6) is 0 Å². The van der Waals surface area contributed by atoms with E-state index < -0.39 is 30.3 Å². The molecule has 0 aliphatic rings. The number of aromatic nitrogens is 3. The Hall–Kier alpha value is -2.45. The smallest absolute Gasteiger partial charge is 0.326 e. The molecule has 17 heavy (non-hydrogen) atoms. The van der Waals surface area contributed by atoms with E-state index in [4.69, 9.17) is 10.2 Å². The maximum atomic E-state index is 11.4. The van der Waals surface area contributed by atoms with Gasteiger partial charge < -0.3 is 15.5 Å². The van der Waals surface area contributed by atoms with E-state index in [-0.39, 0.29) is 5.82 Å². The van der Waals surface area contributed by atoms with Crippen LogP contribution in [-0.2, 0) is 9.59 Å². The normalized spacial score (nSPS) is 11.8. The second-order valence-electron chi connectivity index (χ2n) is 3.21. The van der Waals surface area contributed by atoms with Crippen molar-refractivity contribution in [3.05, 3.63) is 11.6 Å². The second kappa shape index (κ2) is 5.05. The van der Waals surface area contributed by atoms with E-state index in [1.807, 2.05) is 5.32 Å². The number of amides is 1. The predicted octanol–water partition coefficient (Wildman–Crippen LogP) is -1.23. The first kappa shape index (κ1) is 12.6. The van der Waals surface area contributed by atoms with E-state index >= 15 is 0 Å². The van der Waals surface area contributed by atoms with E-state index in [0.717, 1.165) is 0 Å². The van der Waals surface area contributed by atoms with E-state index in [2.05, 4.69) is 15.2 Å². The lowest BCUT2D eigenvalue weighted by atomic mass is 10.2. The van der Waals surface area contributed by atoms with Crippen LogP contribution in [0.3, 0.4) is 0 Å². The molecule has 0 saturated heterocycles. The fraction of sp³-hybridized carbons (Fsp3) is 0.375. The quantitative estimate of drug-likeness (QED) is 0.505. The zero-order valence-electron chi connectivity index (χ0n) is 8.80. The summed E-state index contributed by atoms with van der Waals surface area (Å²) in [5, 5.41) is 25.1. The molecule has 0 aromatic carbocycles. The van der Waals surface area contributed by atoms with E-state index in [1.54, 1.807) is 6.92 Å². The summed E-state index contributed by atoms with van der Waals surface area (Å²) >= 11 is 0. The number of carboxylic acid groups (broad SMARTS) is 2. The molecule has 0 bridgehead atoms. The number of carboxylic acids is 2. The number of aryl methyl sites for hydroxylation is 1. The van der Waals surface area contributed by atoms with E-state index in [1.165, 1.54) is 0 Å². The van der Waals surface area contributed by atoms with Gasteiger partial charge in [0.25, 0.3) is 5.91 Å². The van der Waals surface area contributed by atoms with Crippen molar-refractivity contribution in [3.8, 4) is 0 Å². The van der Waals surface area contributed by atoms with Gasteiger partial charge in [-0.1, -0.05) is 0 Å². The zero-order chi connectivity index (χ0) is 13.0. The summed E-state index contributed by atoms with van der Waals surface area (Å²) in [6, 6.07) is -1.51. The Labute approximate surface area is 94.9 Å². The average molecular weight is 242 g/mol. The molecule has 1 heterocycles. The van der Waals surface area contributed by atoms with Gasteiger partial charge in [0.2, 0.25) is 5.82 Å². The number of carbonyl (C=O) groups excluding carboxylic acids is 1. The van der Waals surface area contributed by atoms with E-state index in [9.17, 15) is 14.4 Å². The Balaban J connectivity index is 2.70. The number of hydrogen-bond acceptors (Lipinski definition) is 5. The maximum absolute atomic E-state index is 11.4. The second-order valence-corrected chi connectivity index (χ2v) is 3.21. The monoisotopic (exact) mass is 242 g/mol. The maximum Gasteiger partial charge on any atom is 0.326 e. The van der Waals surface area contributed by atoms with Crippen LogP contribution in [0.2, 0.25) is 0 Å². The Morgan fingerprint density at radius 3 is 2.47 bits per heavy atom. The number of H-pyrrole nitrogens is 1. The molecule has 9 nitrogen and oxygen atoms in total. The SMILES string of the molecule is Cc1nc(C(=O)NC(CC(=O)O)C(=O)O)n[nH]1. The molecule has 0 saturated carbocycles. The van der Waals surface area contributed by atoms with Gasteiger partial charge in [0.1, 0.15) is 11.9 Å². The summed E-state index contributed by atoms with van der Waals surface area (Å²) in [7, 11) is 0. The van der Waals surface area contributed by atoms with Gasteiger partial charge in [0.15, 0.2) is 0 Å². The minimum atomic E-state index is -1.51. The van der Waals surface area contributed by atoms with Gasteiger partial charge in [0.05, 0.1) is 6.42 Å². The number of aromatic amines is 1. The molecule has 0 fully saturated rings. The first-order valence-corrected chi connectivity index (χ1v) is 4.54. The third kappa shape index (κ3) is 3.55. The van der Waals surface area contributed by atoms with Crippen molar-refractivity contribution in [2.75, 3.05) is 0 Å². The van der Waals surface area contributed by atoms with Crippen molar-refractivity contribution in [3.63, 3.8) is 0 Å².